The third-order valence-corrected chi connectivity index (χ3v) is 4.30. The Bertz CT molecular complexity index is 765. The van der Waals surface area contributed by atoms with Gasteiger partial charge in [-0.05, 0) is 17.7 Å². The normalized spacial score (nSPS) is 14.6. The molecule has 2 atom stereocenters. The molecule has 2 nitrogen and oxygen atoms in total. The molecule has 0 amide bonds. The highest BCUT2D eigenvalue weighted by atomic mass is 35.5. The highest BCUT2D eigenvalue weighted by molar-refractivity contribution is 7.84. The Balaban J connectivity index is 2.53. The minimum absolute atomic E-state index is 0.00898. The minimum Gasteiger partial charge on any atom is -0.262 e. The SMILES string of the molecule is CS(=O)c1cncc(Cl)c1C(F)c1ccc(C(F)(F)F)c(F)c1. The molecule has 0 aliphatic heterocycles. The van der Waals surface area contributed by atoms with Crippen LogP contribution in [0, 0.1) is 5.82 Å². The molecule has 0 N–H and O–H groups in total. The summed E-state index contributed by atoms with van der Waals surface area (Å²) in [6.45, 7) is 0. The van der Waals surface area contributed by atoms with Crippen LogP contribution in [-0.2, 0) is 17.0 Å². The molecule has 0 aliphatic carbocycles. The van der Waals surface area contributed by atoms with Gasteiger partial charge < -0.3 is 0 Å². The number of pyridine rings is 1. The number of aromatic nitrogens is 1. The molecule has 2 aromatic rings. The maximum atomic E-state index is 14.7. The number of hydrogen-bond acceptors (Lipinski definition) is 2. The van der Waals surface area contributed by atoms with Crippen molar-refractivity contribution in [2.45, 2.75) is 17.2 Å². The second kappa shape index (κ2) is 6.52. The summed E-state index contributed by atoms with van der Waals surface area (Å²) in [5.74, 6) is -1.60. The van der Waals surface area contributed by atoms with Gasteiger partial charge in [0, 0.05) is 24.2 Å². The van der Waals surface area contributed by atoms with Crippen LogP contribution in [0.3, 0.4) is 0 Å². The van der Waals surface area contributed by atoms with Crippen LogP contribution in [0.5, 0.6) is 0 Å². The highest BCUT2D eigenvalue weighted by Crippen LogP contribution is 2.37. The zero-order valence-corrected chi connectivity index (χ0v) is 13.1. The Kier molecular flexibility index (Phi) is 5.05. The zero-order chi connectivity index (χ0) is 17.4. The first kappa shape index (κ1) is 17.8. The van der Waals surface area contributed by atoms with Gasteiger partial charge in [-0.25, -0.2) is 8.78 Å². The van der Waals surface area contributed by atoms with Crippen molar-refractivity contribution in [2.75, 3.05) is 6.26 Å². The highest BCUT2D eigenvalue weighted by Gasteiger charge is 2.34. The Morgan fingerprint density at radius 3 is 2.43 bits per heavy atom. The number of nitrogens with zero attached hydrogens (tertiary/aromatic N) is 1. The van der Waals surface area contributed by atoms with Gasteiger partial charge in [0.25, 0.3) is 0 Å². The molecule has 1 aromatic heterocycles. The molecule has 0 aliphatic rings. The zero-order valence-electron chi connectivity index (χ0n) is 11.5. The van der Waals surface area contributed by atoms with E-state index >= 15 is 0 Å². The summed E-state index contributed by atoms with van der Waals surface area (Å²) < 4.78 is 77.5. The number of rotatable bonds is 3. The fourth-order valence-corrected chi connectivity index (χ4v) is 3.03. The lowest BCUT2D eigenvalue weighted by Gasteiger charge is -2.15. The molecule has 0 fully saturated rings. The van der Waals surface area contributed by atoms with Gasteiger partial charge in [-0.15, -0.1) is 0 Å². The Morgan fingerprint density at radius 1 is 1.26 bits per heavy atom. The fourth-order valence-electron chi connectivity index (χ4n) is 1.99. The molecule has 9 heteroatoms. The van der Waals surface area contributed by atoms with E-state index in [-0.39, 0.29) is 21.0 Å². The first-order valence-corrected chi connectivity index (χ1v) is 8.04. The van der Waals surface area contributed by atoms with Gasteiger partial charge in [-0.3, -0.25) is 9.19 Å². The number of hydrogen-bond donors (Lipinski definition) is 0. The summed E-state index contributed by atoms with van der Waals surface area (Å²) in [5, 5.41) is -0.148. The van der Waals surface area contributed by atoms with E-state index < -0.39 is 34.5 Å². The molecule has 0 bridgehead atoms. The minimum atomic E-state index is -4.88. The average Bonchev–Trinajstić information content (AvgIpc) is 2.44. The van der Waals surface area contributed by atoms with Crippen molar-refractivity contribution in [3.63, 3.8) is 0 Å². The van der Waals surface area contributed by atoms with Crippen LogP contribution in [0.25, 0.3) is 0 Å². The third-order valence-electron chi connectivity index (χ3n) is 3.06. The van der Waals surface area contributed by atoms with E-state index in [4.69, 9.17) is 11.6 Å². The molecule has 1 aromatic carbocycles. The number of alkyl halides is 4. The summed E-state index contributed by atoms with van der Waals surface area (Å²) in [4.78, 5) is 3.68. The van der Waals surface area contributed by atoms with Crippen LogP contribution < -0.4 is 0 Å². The van der Waals surface area contributed by atoms with Crippen molar-refractivity contribution in [2.24, 2.45) is 0 Å². The van der Waals surface area contributed by atoms with Gasteiger partial charge in [0.05, 0.1) is 26.3 Å². The molecule has 0 spiro atoms. The van der Waals surface area contributed by atoms with Crippen molar-refractivity contribution < 1.29 is 26.2 Å². The van der Waals surface area contributed by atoms with Crippen LogP contribution >= 0.6 is 11.6 Å². The molecule has 23 heavy (non-hydrogen) atoms. The number of benzene rings is 1. The Labute approximate surface area is 135 Å². The van der Waals surface area contributed by atoms with E-state index in [0.717, 1.165) is 18.5 Å². The largest absolute Gasteiger partial charge is 0.419 e. The lowest BCUT2D eigenvalue weighted by atomic mass is 10.0. The Hall–Kier alpha value is -1.54. The van der Waals surface area contributed by atoms with Gasteiger partial charge in [0.1, 0.15) is 5.82 Å². The summed E-state index contributed by atoms with van der Waals surface area (Å²) in [7, 11) is -1.63. The van der Waals surface area contributed by atoms with Crippen molar-refractivity contribution >= 4 is 22.4 Å². The topological polar surface area (TPSA) is 30.0 Å². The lowest BCUT2D eigenvalue weighted by molar-refractivity contribution is -0.140. The van der Waals surface area contributed by atoms with E-state index in [1.165, 1.54) is 6.26 Å². The monoisotopic (exact) mass is 369 g/mol. The Morgan fingerprint density at radius 2 is 1.91 bits per heavy atom. The predicted octanol–water partition coefficient (Wildman–Crippen LogP) is 4.69. The molecule has 2 unspecified atom stereocenters. The van der Waals surface area contributed by atoms with E-state index in [0.29, 0.717) is 12.1 Å². The second-order valence-electron chi connectivity index (χ2n) is 4.59. The summed E-state index contributed by atoms with van der Waals surface area (Å²) >= 11 is 5.85. The summed E-state index contributed by atoms with van der Waals surface area (Å²) in [5.41, 5.74) is -2.06. The quantitative estimate of drug-likeness (QED) is 0.735. The van der Waals surface area contributed by atoms with Gasteiger partial charge in [-0.2, -0.15) is 13.2 Å². The smallest absolute Gasteiger partial charge is 0.262 e. The van der Waals surface area contributed by atoms with E-state index in [9.17, 15) is 26.2 Å². The molecule has 1 heterocycles. The van der Waals surface area contributed by atoms with Gasteiger partial charge in [-0.1, -0.05) is 17.7 Å². The van der Waals surface area contributed by atoms with Gasteiger partial charge in [0.15, 0.2) is 6.17 Å². The molecule has 124 valence electrons. The van der Waals surface area contributed by atoms with Crippen molar-refractivity contribution in [3.8, 4) is 0 Å². The maximum Gasteiger partial charge on any atom is 0.419 e. The van der Waals surface area contributed by atoms with Gasteiger partial charge >= 0.3 is 6.18 Å². The maximum absolute atomic E-state index is 14.7. The average molecular weight is 370 g/mol. The molecule has 0 saturated carbocycles. The van der Waals surface area contributed by atoms with Crippen molar-refractivity contribution in [3.05, 3.63) is 58.1 Å². The molecular formula is C14H9ClF5NOS. The fraction of sp³-hybridized carbons (Fsp3) is 0.214. The van der Waals surface area contributed by atoms with Crippen LogP contribution in [-0.4, -0.2) is 15.4 Å². The van der Waals surface area contributed by atoms with Crippen molar-refractivity contribution in [1.82, 2.24) is 4.98 Å². The van der Waals surface area contributed by atoms with E-state index in [1.54, 1.807) is 0 Å². The van der Waals surface area contributed by atoms with E-state index in [1.807, 2.05) is 0 Å². The van der Waals surface area contributed by atoms with Crippen LogP contribution in [0.4, 0.5) is 22.0 Å². The molecule has 0 saturated heterocycles. The third kappa shape index (κ3) is 3.69. The predicted molar refractivity (Wildman–Crippen MR) is 75.9 cm³/mol. The van der Waals surface area contributed by atoms with Crippen LogP contribution in [0.2, 0.25) is 5.02 Å². The van der Waals surface area contributed by atoms with E-state index in [2.05, 4.69) is 4.98 Å². The number of halogens is 6. The molecule has 2 rings (SSSR count). The summed E-state index contributed by atoms with van der Waals surface area (Å²) in [6, 6.07) is 1.72. The summed E-state index contributed by atoms with van der Waals surface area (Å²) in [6.07, 6.45) is -3.39. The van der Waals surface area contributed by atoms with Crippen LogP contribution in [0.1, 0.15) is 22.9 Å². The lowest BCUT2D eigenvalue weighted by Crippen LogP contribution is -2.09. The second-order valence-corrected chi connectivity index (χ2v) is 6.34. The molecular weight excluding hydrogens is 361 g/mol. The van der Waals surface area contributed by atoms with Gasteiger partial charge in [0.2, 0.25) is 0 Å². The van der Waals surface area contributed by atoms with Crippen LogP contribution in [0.15, 0.2) is 35.5 Å². The van der Waals surface area contributed by atoms with Crippen molar-refractivity contribution in [1.29, 1.82) is 0 Å². The molecule has 0 radical (unpaired) electrons. The first-order chi connectivity index (χ1) is 10.6. The first-order valence-electron chi connectivity index (χ1n) is 6.10. The standard InChI is InChI=1S/C14H9ClF5NOS/c1-23(22)11-6-21-5-9(15)12(11)13(17)7-2-3-8(10(16)4-7)14(18,19)20/h2-6,13H,1H3.